The molecule has 5 amide bonds. The van der Waals surface area contributed by atoms with Crippen molar-refractivity contribution in [1.29, 1.82) is 0 Å². The molecule has 2 fully saturated rings. The largest absolute Gasteiger partial charge is 0.353 e. The Morgan fingerprint density at radius 1 is 0.712 bits per heavy atom. The molecule has 6 atom stereocenters. The van der Waals surface area contributed by atoms with E-state index in [1.807, 2.05) is 79.4 Å². The summed E-state index contributed by atoms with van der Waals surface area (Å²) in [6, 6.07) is 19.9. The smallest absolute Gasteiger partial charge is 0.245 e. The molecule has 0 aromatic heterocycles. The highest BCUT2D eigenvalue weighted by Crippen LogP contribution is 2.37. The quantitative estimate of drug-likeness (QED) is 0.0896. The highest BCUT2D eigenvalue weighted by Gasteiger charge is 2.45. The number of fused-ring (bicyclic) bond motifs is 2. The molecule has 0 radical (unpaired) electrons. The van der Waals surface area contributed by atoms with E-state index in [2.05, 4.69) is 21.3 Å². The van der Waals surface area contributed by atoms with Gasteiger partial charge < -0.3 is 37.6 Å². The molecule has 2 aliphatic rings. The van der Waals surface area contributed by atoms with Crippen molar-refractivity contribution in [1.82, 2.24) is 26.2 Å². The van der Waals surface area contributed by atoms with Crippen molar-refractivity contribution in [2.75, 3.05) is 6.54 Å². The monoisotopic (exact) mass is 847 g/mol. The number of piperidine rings is 1. The van der Waals surface area contributed by atoms with Crippen molar-refractivity contribution in [3.8, 4) is 0 Å². The topological polar surface area (TPSA) is 189 Å². The van der Waals surface area contributed by atoms with Gasteiger partial charge in [0.05, 0.1) is 22.5 Å². The van der Waals surface area contributed by atoms with Crippen LogP contribution in [0.4, 0.5) is 0 Å². The molecule has 0 saturated carbocycles. The molecule has 3 aromatic rings. The summed E-state index contributed by atoms with van der Waals surface area (Å²) in [6.07, 6.45) is 5.44. The molecule has 14 heteroatoms. The fourth-order valence-corrected chi connectivity index (χ4v) is 8.57. The standard InChI is InChI=1S/C45H59Cl2N7O5/c1-28(2)21-39(53-44(58)40(24-30-13-7-4-8-14-30)52-42(56)37(49)23-29-11-5-3-6-12-29)43(57)51-38(15-9-10-20-48)45(59)54-33-17-18-34(54)27-32(26-33)50-41(55)25-31-16-19-35(46)36(47)22-31/h3-8,11-14,16,19,22,28,32-34,37-40H,9-10,15,17-18,20-21,23-27,48-49H2,1-2H3,(H,50,55)(H,51,57)(H,52,56)(H,53,58)/t32?,33?,34?,37-,38-,39-,40-/m1/s1. The van der Waals surface area contributed by atoms with Gasteiger partial charge >= 0.3 is 0 Å². The molecule has 2 aliphatic heterocycles. The van der Waals surface area contributed by atoms with Gasteiger partial charge in [0.2, 0.25) is 29.5 Å². The predicted molar refractivity (Wildman–Crippen MR) is 231 cm³/mol. The number of hydrogen-bond donors (Lipinski definition) is 6. The summed E-state index contributed by atoms with van der Waals surface area (Å²) in [5, 5.41) is 12.8. The second-order valence-electron chi connectivity index (χ2n) is 16.4. The normalized spacial score (nSPS) is 19.3. The maximum absolute atomic E-state index is 14.4. The average molecular weight is 849 g/mol. The zero-order valence-corrected chi connectivity index (χ0v) is 35.5. The third-order valence-electron chi connectivity index (χ3n) is 11.2. The number of hydrogen-bond acceptors (Lipinski definition) is 7. The number of unbranched alkanes of at least 4 members (excludes halogenated alkanes) is 1. The first-order valence-electron chi connectivity index (χ1n) is 20.8. The Bertz CT molecular complexity index is 1870. The van der Waals surface area contributed by atoms with Gasteiger partial charge in [0, 0.05) is 24.5 Å². The molecule has 0 aliphatic carbocycles. The average Bonchev–Trinajstić information content (AvgIpc) is 3.47. The first kappa shape index (κ1) is 45.6. The molecule has 59 heavy (non-hydrogen) atoms. The zero-order chi connectivity index (χ0) is 42.5. The number of amides is 5. The Labute approximate surface area is 357 Å². The molecule has 12 nitrogen and oxygen atoms in total. The summed E-state index contributed by atoms with van der Waals surface area (Å²) in [5.74, 6) is -1.76. The van der Waals surface area contributed by atoms with Crippen molar-refractivity contribution in [2.45, 2.75) is 127 Å². The van der Waals surface area contributed by atoms with E-state index in [1.54, 1.807) is 18.2 Å². The summed E-state index contributed by atoms with van der Waals surface area (Å²) < 4.78 is 0. The second-order valence-corrected chi connectivity index (χ2v) is 17.2. The maximum atomic E-state index is 14.4. The highest BCUT2D eigenvalue weighted by molar-refractivity contribution is 6.42. The Balaban J connectivity index is 1.26. The SMILES string of the molecule is CC(C)C[C@@H](NC(=O)[C@@H](Cc1ccccc1)NC(=O)[C@H](N)Cc1ccccc1)C(=O)N[C@H](CCCCN)C(=O)N1C2CCC1CC(NC(=O)Cc1ccc(Cl)c(Cl)c1)C2. The van der Waals surface area contributed by atoms with Crippen LogP contribution in [-0.2, 0) is 43.2 Å². The molecular weight excluding hydrogens is 789 g/mol. The molecule has 8 N–H and O–H groups in total. The van der Waals surface area contributed by atoms with Crippen LogP contribution < -0.4 is 32.7 Å². The lowest BCUT2D eigenvalue weighted by Crippen LogP contribution is -2.60. The number of carbonyl (C=O) groups is 5. The van der Waals surface area contributed by atoms with E-state index in [0.29, 0.717) is 61.5 Å². The molecule has 3 aromatic carbocycles. The fraction of sp³-hybridized carbons (Fsp3) is 0.489. The molecule has 2 unspecified atom stereocenters. The van der Waals surface area contributed by atoms with E-state index in [-0.39, 0.29) is 48.7 Å². The summed E-state index contributed by atoms with van der Waals surface area (Å²) in [7, 11) is 0. The fourth-order valence-electron chi connectivity index (χ4n) is 8.24. The number of rotatable bonds is 20. The van der Waals surface area contributed by atoms with Gasteiger partial charge in [0.25, 0.3) is 0 Å². The van der Waals surface area contributed by atoms with Gasteiger partial charge in [0.1, 0.15) is 18.1 Å². The van der Waals surface area contributed by atoms with E-state index in [4.69, 9.17) is 34.7 Å². The molecule has 318 valence electrons. The molecule has 2 heterocycles. The van der Waals surface area contributed by atoms with Crippen LogP contribution in [0.15, 0.2) is 78.9 Å². The molecular formula is C45H59Cl2N7O5. The van der Waals surface area contributed by atoms with Crippen LogP contribution in [-0.4, -0.2) is 83.3 Å². The van der Waals surface area contributed by atoms with E-state index < -0.39 is 41.9 Å². The van der Waals surface area contributed by atoms with E-state index in [1.165, 1.54) is 0 Å². The Morgan fingerprint density at radius 2 is 1.29 bits per heavy atom. The molecule has 2 bridgehead atoms. The lowest BCUT2D eigenvalue weighted by molar-refractivity contribution is -0.141. The summed E-state index contributed by atoms with van der Waals surface area (Å²) in [6.45, 7) is 4.35. The summed E-state index contributed by atoms with van der Waals surface area (Å²) in [5.41, 5.74) is 14.6. The third kappa shape index (κ3) is 13.5. The van der Waals surface area contributed by atoms with Gasteiger partial charge in [0.15, 0.2) is 0 Å². The number of carbonyl (C=O) groups excluding carboxylic acids is 5. The van der Waals surface area contributed by atoms with E-state index in [9.17, 15) is 24.0 Å². The van der Waals surface area contributed by atoms with E-state index >= 15 is 0 Å². The first-order chi connectivity index (χ1) is 28.3. The lowest BCUT2D eigenvalue weighted by atomic mass is 9.95. The van der Waals surface area contributed by atoms with Crippen molar-refractivity contribution in [2.24, 2.45) is 17.4 Å². The van der Waals surface area contributed by atoms with Crippen molar-refractivity contribution >= 4 is 52.7 Å². The molecule has 2 saturated heterocycles. The minimum Gasteiger partial charge on any atom is -0.353 e. The van der Waals surface area contributed by atoms with Crippen LogP contribution in [0.5, 0.6) is 0 Å². The molecule has 5 rings (SSSR count). The highest BCUT2D eigenvalue weighted by atomic mass is 35.5. The van der Waals surface area contributed by atoms with E-state index in [0.717, 1.165) is 29.5 Å². The Kier molecular flexibility index (Phi) is 17.2. The second kappa shape index (κ2) is 22.2. The minimum atomic E-state index is -1.02. The van der Waals surface area contributed by atoms with Gasteiger partial charge in [-0.3, -0.25) is 24.0 Å². The maximum Gasteiger partial charge on any atom is 0.245 e. The van der Waals surface area contributed by atoms with Gasteiger partial charge in [-0.05, 0) is 99.1 Å². The molecule has 0 spiro atoms. The zero-order valence-electron chi connectivity index (χ0n) is 34.0. The third-order valence-corrected chi connectivity index (χ3v) is 11.9. The van der Waals surface area contributed by atoms with Crippen LogP contribution in [0.2, 0.25) is 10.0 Å². The number of nitrogens with zero attached hydrogens (tertiary/aromatic N) is 1. The summed E-state index contributed by atoms with van der Waals surface area (Å²) in [4.78, 5) is 71.1. The van der Waals surface area contributed by atoms with Gasteiger partial charge in [-0.1, -0.05) is 104 Å². The number of benzene rings is 3. The van der Waals surface area contributed by atoms with Crippen molar-refractivity contribution in [3.63, 3.8) is 0 Å². The van der Waals surface area contributed by atoms with Crippen molar-refractivity contribution < 1.29 is 24.0 Å². The summed E-state index contributed by atoms with van der Waals surface area (Å²) >= 11 is 12.2. The van der Waals surface area contributed by atoms with Crippen LogP contribution in [0, 0.1) is 5.92 Å². The Hall–Kier alpha value is -4.49. The number of nitrogens with one attached hydrogen (secondary N) is 4. The minimum absolute atomic E-state index is 0.0145. The van der Waals surface area contributed by atoms with Crippen LogP contribution in [0.25, 0.3) is 0 Å². The van der Waals surface area contributed by atoms with Crippen LogP contribution >= 0.6 is 23.2 Å². The first-order valence-corrected chi connectivity index (χ1v) is 21.6. The number of nitrogens with two attached hydrogens (primary N) is 2. The van der Waals surface area contributed by atoms with Crippen LogP contribution in [0.3, 0.4) is 0 Å². The van der Waals surface area contributed by atoms with Crippen LogP contribution in [0.1, 0.15) is 81.9 Å². The van der Waals surface area contributed by atoms with Gasteiger partial charge in [-0.25, -0.2) is 0 Å². The van der Waals surface area contributed by atoms with Gasteiger partial charge in [-0.15, -0.1) is 0 Å². The predicted octanol–water partition coefficient (Wildman–Crippen LogP) is 4.62. The number of halogens is 2. The Morgan fingerprint density at radius 3 is 1.88 bits per heavy atom. The van der Waals surface area contributed by atoms with Crippen molar-refractivity contribution in [3.05, 3.63) is 106 Å². The van der Waals surface area contributed by atoms with Gasteiger partial charge in [-0.2, -0.15) is 0 Å². The lowest BCUT2D eigenvalue weighted by Gasteiger charge is -2.41.